The van der Waals surface area contributed by atoms with Crippen LogP contribution in [-0.2, 0) is 14.4 Å². The minimum atomic E-state index is -0.344. The zero-order valence-corrected chi connectivity index (χ0v) is 25.4. The van der Waals surface area contributed by atoms with Crippen molar-refractivity contribution in [2.75, 3.05) is 16.8 Å². The van der Waals surface area contributed by atoms with Crippen LogP contribution in [0.2, 0.25) is 0 Å². The number of hydrogen-bond donors (Lipinski definition) is 2. The van der Waals surface area contributed by atoms with Gasteiger partial charge in [0, 0.05) is 21.7 Å². The molecule has 8 rings (SSSR count). The van der Waals surface area contributed by atoms with E-state index in [1.165, 1.54) is 16.2 Å². The minimum absolute atomic E-state index is 0.0454. The highest BCUT2D eigenvalue weighted by molar-refractivity contribution is 8.00. The fourth-order valence-electron chi connectivity index (χ4n) is 8.04. The van der Waals surface area contributed by atoms with Gasteiger partial charge in [0.25, 0.3) is 5.91 Å². The summed E-state index contributed by atoms with van der Waals surface area (Å²) in [6.45, 7) is 1.81. The molecule has 3 heterocycles. The highest BCUT2D eigenvalue weighted by Crippen LogP contribution is 2.68. The third kappa shape index (κ3) is 4.26. The van der Waals surface area contributed by atoms with Gasteiger partial charge in [0.2, 0.25) is 11.8 Å². The molecule has 2 bridgehead atoms. The molecule has 3 amide bonds. The summed E-state index contributed by atoms with van der Waals surface area (Å²) in [5.74, 6) is -0.377. The minimum Gasteiger partial charge on any atom is -0.484 e. The Morgan fingerprint density at radius 3 is 2.39 bits per heavy atom. The number of nitrogens with zero attached hydrogens (tertiary/aromatic N) is 1. The zero-order valence-electron chi connectivity index (χ0n) is 23.8. The summed E-state index contributed by atoms with van der Waals surface area (Å²) in [5, 5.41) is 3.88. The Hall–Kier alpha value is -4.15. The molecule has 44 heavy (non-hydrogen) atoms. The Balaban J connectivity index is 1.06. The van der Waals surface area contributed by atoms with Gasteiger partial charge in [0.15, 0.2) is 6.61 Å². The Labute approximate surface area is 261 Å². The van der Waals surface area contributed by atoms with Crippen molar-refractivity contribution in [3.63, 3.8) is 0 Å². The van der Waals surface area contributed by atoms with Gasteiger partial charge in [-0.15, -0.1) is 11.8 Å². The summed E-state index contributed by atoms with van der Waals surface area (Å²) in [6, 6.07) is 24.5. The normalized spacial score (nSPS) is 28.0. The number of anilines is 2. The Kier molecular flexibility index (Phi) is 6.53. The highest BCUT2D eigenvalue weighted by atomic mass is 32.2. The van der Waals surface area contributed by atoms with Crippen molar-refractivity contribution in [1.82, 2.24) is 4.98 Å². The van der Waals surface area contributed by atoms with Crippen molar-refractivity contribution in [3.05, 3.63) is 105 Å². The van der Waals surface area contributed by atoms with E-state index in [1.54, 1.807) is 11.8 Å². The predicted octanol–water partition coefficient (Wildman–Crippen LogP) is 5.44. The average molecular weight is 624 g/mol. The number of para-hydroxylation sites is 2. The van der Waals surface area contributed by atoms with Crippen LogP contribution < -0.4 is 19.8 Å². The number of imide groups is 1. The summed E-state index contributed by atoms with van der Waals surface area (Å²) in [7, 11) is 0. The van der Waals surface area contributed by atoms with Crippen LogP contribution in [0.15, 0.2) is 88.7 Å². The largest absolute Gasteiger partial charge is 0.484 e. The molecule has 2 saturated carbocycles. The lowest BCUT2D eigenvalue weighted by Crippen LogP contribution is -2.42. The van der Waals surface area contributed by atoms with Gasteiger partial charge in [-0.25, -0.2) is 0 Å². The number of hydrogen-bond acceptors (Lipinski definition) is 7. The van der Waals surface area contributed by atoms with E-state index in [4.69, 9.17) is 4.74 Å². The van der Waals surface area contributed by atoms with E-state index >= 15 is 0 Å². The number of aryl methyl sites for hydroxylation is 1. The van der Waals surface area contributed by atoms with E-state index in [-0.39, 0.29) is 70.0 Å². The monoisotopic (exact) mass is 623 g/mol. The number of aromatic nitrogens is 1. The molecule has 7 atom stereocenters. The van der Waals surface area contributed by atoms with Crippen LogP contribution in [-0.4, -0.2) is 34.6 Å². The van der Waals surface area contributed by atoms with Gasteiger partial charge < -0.3 is 15.0 Å². The van der Waals surface area contributed by atoms with Crippen molar-refractivity contribution < 1.29 is 19.1 Å². The number of ether oxygens (including phenoxy) is 1. The number of aromatic amines is 1. The van der Waals surface area contributed by atoms with Crippen LogP contribution in [0.3, 0.4) is 0 Å². The van der Waals surface area contributed by atoms with Gasteiger partial charge in [-0.1, -0.05) is 59.9 Å². The van der Waals surface area contributed by atoms with E-state index < -0.39 is 0 Å². The highest BCUT2D eigenvalue weighted by Gasteiger charge is 2.69. The number of thioether (sulfide) groups is 1. The fraction of sp³-hybridized carbons (Fsp3) is 0.294. The lowest BCUT2D eigenvalue weighted by atomic mass is 9.68. The maximum absolute atomic E-state index is 13.9. The Morgan fingerprint density at radius 1 is 0.932 bits per heavy atom. The maximum Gasteiger partial charge on any atom is 0.305 e. The van der Waals surface area contributed by atoms with Crippen LogP contribution >= 0.6 is 23.1 Å². The molecule has 2 aliphatic carbocycles. The summed E-state index contributed by atoms with van der Waals surface area (Å²) < 4.78 is 5.81. The van der Waals surface area contributed by atoms with E-state index in [1.807, 2.05) is 85.8 Å². The Morgan fingerprint density at radius 2 is 1.64 bits per heavy atom. The van der Waals surface area contributed by atoms with E-state index in [0.717, 1.165) is 33.1 Å². The molecule has 222 valence electrons. The number of thiazole rings is 1. The van der Waals surface area contributed by atoms with E-state index in [2.05, 4.69) is 10.3 Å². The number of benzene rings is 3. The number of fused-ring (bicyclic) bond motifs is 9. The second kappa shape index (κ2) is 10.5. The first-order chi connectivity index (χ1) is 21.4. The molecule has 4 aromatic rings. The second-order valence-corrected chi connectivity index (χ2v) is 14.2. The maximum atomic E-state index is 13.9. The number of carbonyl (C=O) groups is 3. The molecule has 10 heteroatoms. The molecule has 6 unspecified atom stereocenters. The lowest BCUT2D eigenvalue weighted by Gasteiger charge is -2.43. The summed E-state index contributed by atoms with van der Waals surface area (Å²) in [5.41, 5.74) is 3.40. The molecule has 2 aliphatic heterocycles. The summed E-state index contributed by atoms with van der Waals surface area (Å²) in [6.07, 6.45) is 0.838. The average Bonchev–Trinajstić information content (AvgIpc) is 3.77. The Bertz CT molecular complexity index is 1850. The summed E-state index contributed by atoms with van der Waals surface area (Å²) >= 11 is 2.91. The van der Waals surface area contributed by atoms with Gasteiger partial charge >= 0.3 is 4.87 Å². The molecule has 2 N–H and O–H groups in total. The molecule has 1 saturated heterocycles. The quantitative estimate of drug-likeness (QED) is 0.277. The van der Waals surface area contributed by atoms with Crippen LogP contribution in [0.25, 0.3) is 0 Å². The lowest BCUT2D eigenvalue weighted by molar-refractivity contribution is -0.123. The van der Waals surface area contributed by atoms with Crippen molar-refractivity contribution in [3.8, 4) is 5.75 Å². The van der Waals surface area contributed by atoms with Gasteiger partial charge in [-0.2, -0.15) is 0 Å². The van der Waals surface area contributed by atoms with E-state index in [0.29, 0.717) is 11.4 Å². The SMILES string of the molecule is Cc1ccccc1NC(=O)COc1ccc([C@H]2c3sc(=O)[nH]c3SC3C4CC(C5C(=O)N(c6ccccc6)C(=O)C45)C32)cc1. The van der Waals surface area contributed by atoms with Crippen molar-refractivity contribution in [2.45, 2.75) is 29.5 Å². The van der Waals surface area contributed by atoms with Crippen molar-refractivity contribution in [1.29, 1.82) is 0 Å². The first kappa shape index (κ1) is 27.4. The molecule has 1 aromatic heterocycles. The molecule has 8 nitrogen and oxygen atoms in total. The molecule has 3 fully saturated rings. The van der Waals surface area contributed by atoms with Gasteiger partial charge in [0.05, 0.1) is 22.5 Å². The topological polar surface area (TPSA) is 109 Å². The van der Waals surface area contributed by atoms with Crippen LogP contribution in [0, 0.1) is 36.5 Å². The smallest absolute Gasteiger partial charge is 0.305 e. The predicted molar refractivity (Wildman–Crippen MR) is 169 cm³/mol. The van der Waals surface area contributed by atoms with Crippen LogP contribution in [0.1, 0.15) is 28.3 Å². The molecule has 0 spiro atoms. The standard InChI is InChI=1S/C34H29N3O5S2/c1-17-7-5-6-10-23(17)35-24(38)16-42-20-13-11-18(12-14-20)25-26-21-15-22(29(26)43-31-30(25)44-34(41)36-31)28-27(21)32(39)37(33(28)40)19-8-3-2-4-9-19/h2-14,21-22,25-29H,15-16H2,1H3,(H,35,38)(H,36,41)/t21?,22?,25-,26?,27?,28?,29?/m1/s1. The van der Waals surface area contributed by atoms with Crippen LogP contribution in [0.4, 0.5) is 11.4 Å². The third-order valence-corrected chi connectivity index (χ3v) is 12.4. The van der Waals surface area contributed by atoms with Crippen LogP contribution in [0.5, 0.6) is 5.75 Å². The fourth-order valence-corrected chi connectivity index (χ4v) is 10.9. The number of nitrogens with one attached hydrogen (secondary N) is 2. The molecular weight excluding hydrogens is 595 g/mol. The van der Waals surface area contributed by atoms with E-state index in [9.17, 15) is 19.2 Å². The van der Waals surface area contributed by atoms with Gasteiger partial charge in [-0.3, -0.25) is 24.1 Å². The first-order valence-electron chi connectivity index (χ1n) is 14.8. The van der Waals surface area contributed by atoms with Crippen molar-refractivity contribution >= 4 is 52.2 Å². The van der Waals surface area contributed by atoms with Crippen molar-refractivity contribution in [2.24, 2.45) is 29.6 Å². The third-order valence-electron chi connectivity index (χ3n) is 9.77. The number of rotatable bonds is 6. The summed E-state index contributed by atoms with van der Waals surface area (Å²) in [4.78, 5) is 58.0. The number of amides is 3. The van der Waals surface area contributed by atoms with Gasteiger partial charge in [-0.05, 0) is 72.6 Å². The molecular formula is C34H29N3O5S2. The van der Waals surface area contributed by atoms with Gasteiger partial charge in [0.1, 0.15) is 5.75 Å². The molecule has 0 radical (unpaired) electrons. The second-order valence-electron chi connectivity index (χ2n) is 12.0. The molecule has 3 aromatic carbocycles. The number of H-pyrrole nitrogens is 1. The first-order valence-corrected chi connectivity index (χ1v) is 16.5. The zero-order chi connectivity index (χ0) is 30.1. The number of carbonyl (C=O) groups excluding carboxylic acids is 3. The molecule has 4 aliphatic rings.